The molecule has 2 N–H and O–H groups in total. The van der Waals surface area contributed by atoms with Crippen LogP contribution in [0.15, 0.2) is 53.4 Å². The van der Waals surface area contributed by atoms with Crippen molar-refractivity contribution in [3.8, 4) is 0 Å². The van der Waals surface area contributed by atoms with Gasteiger partial charge in [0.2, 0.25) is 0 Å². The average Bonchev–Trinajstić information content (AvgIpc) is 2.67. The molecule has 0 saturated heterocycles. The number of anilines is 4. The topological polar surface area (TPSA) is 71.2 Å². The number of hydrogen-bond donors (Lipinski definition) is 1. The van der Waals surface area contributed by atoms with E-state index in [1.165, 1.54) is 6.33 Å². The Hall–Kier alpha value is -2.93. The Morgan fingerprint density at radius 3 is 2.67 bits per heavy atom. The molecule has 0 bridgehead atoms. The van der Waals surface area contributed by atoms with Crippen molar-refractivity contribution in [2.75, 3.05) is 36.2 Å². The lowest BCUT2D eigenvalue weighted by Gasteiger charge is -2.31. The van der Waals surface area contributed by atoms with E-state index in [2.05, 4.69) is 47.9 Å². The second-order valence-corrected chi connectivity index (χ2v) is 7.44. The monoisotopic (exact) mass is 422 g/mol. The fourth-order valence-corrected chi connectivity index (χ4v) is 3.50. The standard InChI is InChI=1S/C20H19BrN6/c1-26(2)16-6-7-17(23-10-16)13-8-18-19(20(22)25-12-24-18)27(11-13)15-5-3-4-14(21)9-15/h3-10,12H,11H2,1-2H3,(H2,22,24,25). The van der Waals surface area contributed by atoms with Crippen LogP contribution in [0.5, 0.6) is 0 Å². The lowest BCUT2D eigenvalue weighted by Crippen LogP contribution is -2.25. The van der Waals surface area contributed by atoms with E-state index in [-0.39, 0.29) is 0 Å². The molecule has 136 valence electrons. The Balaban J connectivity index is 1.81. The predicted molar refractivity (Wildman–Crippen MR) is 114 cm³/mol. The molecule has 3 heterocycles. The zero-order valence-electron chi connectivity index (χ0n) is 15.1. The summed E-state index contributed by atoms with van der Waals surface area (Å²) >= 11 is 3.55. The van der Waals surface area contributed by atoms with E-state index in [9.17, 15) is 0 Å². The van der Waals surface area contributed by atoms with Gasteiger partial charge >= 0.3 is 0 Å². The molecular formula is C20H19BrN6. The van der Waals surface area contributed by atoms with Crippen LogP contribution in [-0.2, 0) is 0 Å². The van der Waals surface area contributed by atoms with E-state index in [0.717, 1.165) is 38.5 Å². The highest BCUT2D eigenvalue weighted by Gasteiger charge is 2.25. The molecule has 4 rings (SSSR count). The summed E-state index contributed by atoms with van der Waals surface area (Å²) in [5.41, 5.74) is 11.9. The molecule has 3 aromatic rings. The highest BCUT2D eigenvalue weighted by Crippen LogP contribution is 2.39. The van der Waals surface area contributed by atoms with E-state index in [1.807, 2.05) is 55.5 Å². The third-order valence-electron chi connectivity index (χ3n) is 4.50. The van der Waals surface area contributed by atoms with Crippen molar-refractivity contribution >= 4 is 50.5 Å². The Morgan fingerprint density at radius 1 is 1.11 bits per heavy atom. The molecule has 0 fully saturated rings. The van der Waals surface area contributed by atoms with E-state index in [1.54, 1.807) is 0 Å². The van der Waals surface area contributed by atoms with Crippen molar-refractivity contribution in [2.24, 2.45) is 0 Å². The second kappa shape index (κ2) is 7.00. The third-order valence-corrected chi connectivity index (χ3v) is 4.99. The number of rotatable bonds is 3. The van der Waals surface area contributed by atoms with Crippen molar-refractivity contribution in [3.63, 3.8) is 0 Å². The zero-order chi connectivity index (χ0) is 19.0. The summed E-state index contributed by atoms with van der Waals surface area (Å²) < 4.78 is 1.00. The van der Waals surface area contributed by atoms with Gasteiger partial charge in [0.05, 0.1) is 29.8 Å². The molecule has 0 amide bonds. The first-order valence-electron chi connectivity index (χ1n) is 8.51. The summed E-state index contributed by atoms with van der Waals surface area (Å²) in [4.78, 5) is 17.4. The maximum Gasteiger partial charge on any atom is 0.151 e. The number of fused-ring (bicyclic) bond motifs is 1. The van der Waals surface area contributed by atoms with Crippen LogP contribution < -0.4 is 15.5 Å². The molecule has 0 atom stereocenters. The lowest BCUT2D eigenvalue weighted by atomic mass is 10.0. The first-order valence-corrected chi connectivity index (χ1v) is 9.30. The number of nitrogens with zero attached hydrogens (tertiary/aromatic N) is 5. The number of nitrogens with two attached hydrogens (primary N) is 1. The SMILES string of the molecule is CN(C)c1ccc(C2=Cc3ncnc(N)c3N(c3cccc(Br)c3)C2)nc1. The van der Waals surface area contributed by atoms with Crippen LogP contribution in [0.2, 0.25) is 0 Å². The molecule has 0 radical (unpaired) electrons. The highest BCUT2D eigenvalue weighted by atomic mass is 79.9. The van der Waals surface area contributed by atoms with E-state index in [4.69, 9.17) is 5.73 Å². The van der Waals surface area contributed by atoms with Crippen LogP contribution in [0.3, 0.4) is 0 Å². The van der Waals surface area contributed by atoms with Crippen LogP contribution >= 0.6 is 15.9 Å². The van der Waals surface area contributed by atoms with Gasteiger partial charge in [0.1, 0.15) is 12.0 Å². The molecular weight excluding hydrogens is 404 g/mol. The van der Waals surface area contributed by atoms with Gasteiger partial charge in [-0.1, -0.05) is 22.0 Å². The fraction of sp³-hybridized carbons (Fsp3) is 0.150. The Kier molecular flexibility index (Phi) is 4.53. The Bertz CT molecular complexity index is 1010. The minimum Gasteiger partial charge on any atom is -0.382 e. The minimum absolute atomic E-state index is 0.464. The molecule has 2 aromatic heterocycles. The van der Waals surface area contributed by atoms with Gasteiger partial charge in [-0.15, -0.1) is 0 Å². The summed E-state index contributed by atoms with van der Waals surface area (Å²) in [6.07, 6.45) is 5.41. The summed E-state index contributed by atoms with van der Waals surface area (Å²) in [7, 11) is 4.00. The first-order chi connectivity index (χ1) is 13.0. The number of pyridine rings is 1. The van der Waals surface area contributed by atoms with Gasteiger partial charge in [-0.2, -0.15) is 0 Å². The van der Waals surface area contributed by atoms with Gasteiger partial charge in [-0.05, 0) is 42.0 Å². The van der Waals surface area contributed by atoms with Gasteiger partial charge in [-0.25, -0.2) is 9.97 Å². The van der Waals surface area contributed by atoms with Crippen LogP contribution in [0.4, 0.5) is 22.9 Å². The molecule has 27 heavy (non-hydrogen) atoms. The summed E-state index contributed by atoms with van der Waals surface area (Å²) in [5.74, 6) is 0.464. The van der Waals surface area contributed by atoms with Crippen LogP contribution in [0, 0.1) is 0 Å². The molecule has 0 aliphatic carbocycles. The van der Waals surface area contributed by atoms with Gasteiger partial charge in [0.15, 0.2) is 5.82 Å². The Morgan fingerprint density at radius 2 is 1.96 bits per heavy atom. The molecule has 7 heteroatoms. The number of halogens is 1. The van der Waals surface area contributed by atoms with Crippen molar-refractivity contribution < 1.29 is 0 Å². The van der Waals surface area contributed by atoms with Crippen molar-refractivity contribution in [1.82, 2.24) is 15.0 Å². The van der Waals surface area contributed by atoms with E-state index < -0.39 is 0 Å². The van der Waals surface area contributed by atoms with Crippen molar-refractivity contribution in [1.29, 1.82) is 0 Å². The number of benzene rings is 1. The molecule has 1 aliphatic rings. The minimum atomic E-state index is 0.464. The van der Waals surface area contributed by atoms with Crippen LogP contribution in [0.1, 0.15) is 11.4 Å². The molecule has 1 aromatic carbocycles. The zero-order valence-corrected chi connectivity index (χ0v) is 16.7. The second-order valence-electron chi connectivity index (χ2n) is 6.52. The van der Waals surface area contributed by atoms with Crippen molar-refractivity contribution in [2.45, 2.75) is 0 Å². The summed E-state index contributed by atoms with van der Waals surface area (Å²) in [6.45, 7) is 0.634. The summed E-state index contributed by atoms with van der Waals surface area (Å²) in [6, 6.07) is 12.2. The quantitative estimate of drug-likeness (QED) is 0.688. The van der Waals surface area contributed by atoms with Crippen molar-refractivity contribution in [3.05, 3.63) is 64.8 Å². The summed E-state index contributed by atoms with van der Waals surface area (Å²) in [5, 5.41) is 0. The number of nitrogen functional groups attached to an aromatic ring is 1. The Labute approximate surface area is 166 Å². The molecule has 0 saturated carbocycles. The average molecular weight is 423 g/mol. The van der Waals surface area contributed by atoms with E-state index >= 15 is 0 Å². The van der Waals surface area contributed by atoms with E-state index in [0.29, 0.717) is 12.4 Å². The maximum atomic E-state index is 6.19. The number of aromatic nitrogens is 3. The lowest BCUT2D eigenvalue weighted by molar-refractivity contribution is 1.03. The van der Waals surface area contributed by atoms with Gasteiger partial charge in [0.25, 0.3) is 0 Å². The van der Waals surface area contributed by atoms with Gasteiger partial charge in [-0.3, -0.25) is 4.98 Å². The normalized spacial score (nSPS) is 13.1. The molecule has 6 nitrogen and oxygen atoms in total. The first kappa shape index (κ1) is 17.5. The van der Waals surface area contributed by atoms with Gasteiger partial charge in [0, 0.05) is 24.3 Å². The highest BCUT2D eigenvalue weighted by molar-refractivity contribution is 9.10. The predicted octanol–water partition coefficient (Wildman–Crippen LogP) is 3.97. The fourth-order valence-electron chi connectivity index (χ4n) is 3.11. The number of hydrogen-bond acceptors (Lipinski definition) is 6. The molecule has 1 aliphatic heterocycles. The molecule has 0 unspecified atom stereocenters. The van der Waals surface area contributed by atoms with Crippen LogP contribution in [-0.4, -0.2) is 35.6 Å². The van der Waals surface area contributed by atoms with Gasteiger partial charge < -0.3 is 15.5 Å². The largest absolute Gasteiger partial charge is 0.382 e. The molecule has 0 spiro atoms. The third kappa shape index (κ3) is 3.38. The van der Waals surface area contributed by atoms with Crippen LogP contribution in [0.25, 0.3) is 11.6 Å². The smallest absolute Gasteiger partial charge is 0.151 e. The maximum absolute atomic E-state index is 6.19.